The van der Waals surface area contributed by atoms with Crippen LogP contribution in [0.15, 0.2) is 76.2 Å². The molecule has 3 rings (SSSR count). The molecule has 2 aromatic rings. The van der Waals surface area contributed by atoms with Crippen LogP contribution in [0.5, 0.6) is 0 Å². The molecule has 0 bridgehead atoms. The molecule has 1 heterocycles. The maximum atomic E-state index is 11.9. The molecule has 29 heavy (non-hydrogen) atoms. The van der Waals surface area contributed by atoms with Gasteiger partial charge in [0.15, 0.2) is 0 Å². The number of rotatable bonds is 5. The number of aryl methyl sites for hydroxylation is 1. The third kappa shape index (κ3) is 4.85. The highest BCUT2D eigenvalue weighted by Crippen LogP contribution is 2.42. The Kier molecular flexibility index (Phi) is 6.70. The molecule has 1 N–H and O–H groups in total. The maximum Gasteiger partial charge on any atom is 0.513 e. The molecule has 4 nitrogen and oxygen atoms in total. The zero-order valence-electron chi connectivity index (χ0n) is 17.5. The summed E-state index contributed by atoms with van der Waals surface area (Å²) < 4.78 is 10.3. The summed E-state index contributed by atoms with van der Waals surface area (Å²) >= 11 is 1.79. The predicted octanol–water partition coefficient (Wildman–Crippen LogP) is 6.28. The molecule has 0 saturated heterocycles. The molecule has 1 aliphatic rings. The summed E-state index contributed by atoms with van der Waals surface area (Å²) in [5.41, 5.74) is 6.68. The number of carbonyl (C=O) groups is 1. The van der Waals surface area contributed by atoms with Crippen molar-refractivity contribution in [2.75, 3.05) is 7.11 Å². The van der Waals surface area contributed by atoms with Crippen molar-refractivity contribution in [2.24, 2.45) is 0 Å². The van der Waals surface area contributed by atoms with Crippen molar-refractivity contribution in [1.29, 1.82) is 0 Å². The van der Waals surface area contributed by atoms with E-state index in [1.54, 1.807) is 11.8 Å². The van der Waals surface area contributed by atoms with Crippen LogP contribution < -0.4 is 5.32 Å². The Balaban J connectivity index is 1.95. The van der Waals surface area contributed by atoms with Crippen molar-refractivity contribution < 1.29 is 14.3 Å². The summed E-state index contributed by atoms with van der Waals surface area (Å²) in [5.74, 6) is 1.32. The molecule has 0 aliphatic carbocycles. The van der Waals surface area contributed by atoms with Crippen LogP contribution in [0.1, 0.15) is 43.4 Å². The molecule has 1 aliphatic heterocycles. The summed E-state index contributed by atoms with van der Waals surface area (Å²) in [6.07, 6.45) is -0.705. The van der Waals surface area contributed by atoms with E-state index in [-0.39, 0.29) is 5.92 Å². The fraction of sp³-hybridized carbons (Fsp3) is 0.292. The van der Waals surface area contributed by atoms with Crippen LogP contribution in [-0.2, 0) is 15.2 Å². The first-order valence-corrected chi connectivity index (χ1v) is 10.6. The van der Waals surface area contributed by atoms with E-state index in [0.717, 1.165) is 28.3 Å². The average molecular weight is 410 g/mol. The minimum absolute atomic E-state index is 0.142. The Morgan fingerprint density at radius 3 is 2.38 bits per heavy atom. The van der Waals surface area contributed by atoms with Crippen LogP contribution in [0.25, 0.3) is 0 Å². The average Bonchev–Trinajstić information content (AvgIpc) is 2.72. The van der Waals surface area contributed by atoms with Gasteiger partial charge in [-0.25, -0.2) is 4.79 Å². The van der Waals surface area contributed by atoms with Crippen LogP contribution in [-0.4, -0.2) is 13.3 Å². The van der Waals surface area contributed by atoms with E-state index in [1.807, 2.05) is 26.0 Å². The number of methoxy groups -OCH3 is 1. The monoisotopic (exact) mass is 409 g/mol. The van der Waals surface area contributed by atoms with Crippen molar-refractivity contribution in [2.45, 2.75) is 44.3 Å². The highest BCUT2D eigenvalue weighted by atomic mass is 32.2. The topological polar surface area (TPSA) is 47.6 Å². The van der Waals surface area contributed by atoms with Crippen molar-refractivity contribution in [1.82, 2.24) is 5.32 Å². The first kappa shape index (κ1) is 21.1. The molecule has 0 fully saturated rings. The smallest absolute Gasteiger partial charge is 0.437 e. The number of allylic oxidation sites excluding steroid dienone is 3. The van der Waals surface area contributed by atoms with E-state index < -0.39 is 6.16 Å². The van der Waals surface area contributed by atoms with Gasteiger partial charge in [0, 0.05) is 16.3 Å². The fourth-order valence-electron chi connectivity index (χ4n) is 3.41. The van der Waals surface area contributed by atoms with Crippen molar-refractivity contribution in [3.8, 4) is 0 Å². The van der Waals surface area contributed by atoms with E-state index in [2.05, 4.69) is 55.6 Å². The van der Waals surface area contributed by atoms with E-state index in [4.69, 9.17) is 9.47 Å². The SMILES string of the molecule is COC(=O)OC1=C(C)NC(C)=C(C)C1c1ccccc1SCc1ccc(C)cc1. The van der Waals surface area contributed by atoms with Gasteiger partial charge in [-0.2, -0.15) is 0 Å². The summed E-state index contributed by atoms with van der Waals surface area (Å²) in [4.78, 5) is 13.1. The lowest BCUT2D eigenvalue weighted by atomic mass is 9.86. The molecular weight excluding hydrogens is 382 g/mol. The molecule has 2 aromatic carbocycles. The lowest BCUT2D eigenvalue weighted by Gasteiger charge is -2.31. The zero-order chi connectivity index (χ0) is 21.0. The van der Waals surface area contributed by atoms with Gasteiger partial charge in [-0.3, -0.25) is 0 Å². The van der Waals surface area contributed by atoms with Gasteiger partial charge >= 0.3 is 6.16 Å². The summed E-state index contributed by atoms with van der Waals surface area (Å²) in [6, 6.07) is 16.9. The van der Waals surface area contributed by atoms with Crippen LogP contribution in [0, 0.1) is 6.92 Å². The number of hydrogen-bond donors (Lipinski definition) is 1. The second kappa shape index (κ2) is 9.23. The van der Waals surface area contributed by atoms with Gasteiger partial charge in [0.2, 0.25) is 0 Å². The Labute approximate surface area is 177 Å². The summed E-state index contributed by atoms with van der Waals surface area (Å²) in [7, 11) is 1.32. The van der Waals surface area contributed by atoms with Crippen molar-refractivity contribution >= 4 is 17.9 Å². The van der Waals surface area contributed by atoms with E-state index in [9.17, 15) is 4.79 Å². The quantitative estimate of drug-likeness (QED) is 0.465. The number of carbonyl (C=O) groups excluding carboxylic acids is 1. The lowest BCUT2D eigenvalue weighted by molar-refractivity contribution is 0.0920. The molecule has 0 saturated carbocycles. The van der Waals surface area contributed by atoms with Gasteiger partial charge in [-0.1, -0.05) is 48.0 Å². The number of thioether (sulfide) groups is 1. The molecule has 152 valence electrons. The van der Waals surface area contributed by atoms with Crippen LogP contribution in [0.3, 0.4) is 0 Å². The molecule has 1 unspecified atom stereocenters. The minimum Gasteiger partial charge on any atom is -0.437 e. The van der Waals surface area contributed by atoms with Gasteiger partial charge in [-0.15, -0.1) is 11.8 Å². The van der Waals surface area contributed by atoms with E-state index >= 15 is 0 Å². The largest absolute Gasteiger partial charge is 0.513 e. The normalized spacial score (nSPS) is 16.5. The van der Waals surface area contributed by atoms with Crippen LogP contribution >= 0.6 is 11.8 Å². The maximum absolute atomic E-state index is 11.9. The van der Waals surface area contributed by atoms with Crippen molar-refractivity contribution in [3.05, 3.63) is 87.9 Å². The van der Waals surface area contributed by atoms with Gasteiger partial charge in [0.25, 0.3) is 0 Å². The third-order valence-electron chi connectivity index (χ3n) is 5.14. The van der Waals surface area contributed by atoms with E-state index in [0.29, 0.717) is 5.76 Å². The highest BCUT2D eigenvalue weighted by molar-refractivity contribution is 7.98. The molecule has 1 atom stereocenters. The highest BCUT2D eigenvalue weighted by Gasteiger charge is 2.31. The Morgan fingerprint density at radius 1 is 1.00 bits per heavy atom. The molecule has 0 aromatic heterocycles. The molecule has 5 heteroatoms. The summed E-state index contributed by atoms with van der Waals surface area (Å²) in [6.45, 7) is 8.13. The second-order valence-electron chi connectivity index (χ2n) is 7.22. The number of benzene rings is 2. The van der Waals surface area contributed by atoms with Crippen molar-refractivity contribution in [3.63, 3.8) is 0 Å². The van der Waals surface area contributed by atoms with Gasteiger partial charge in [-0.05, 0) is 50.5 Å². The minimum atomic E-state index is -0.705. The Bertz CT molecular complexity index is 960. The third-order valence-corrected chi connectivity index (χ3v) is 6.30. The fourth-order valence-corrected chi connectivity index (χ4v) is 4.45. The Morgan fingerprint density at radius 2 is 1.69 bits per heavy atom. The standard InChI is InChI=1S/C24H27NO3S/c1-15-10-12-19(13-11-15)14-29-21-9-7-6-8-20(21)22-16(2)17(3)25-18(4)23(22)28-24(26)27-5/h6-13,22,25H,14H2,1-5H3. The predicted molar refractivity (Wildman–Crippen MR) is 118 cm³/mol. The van der Waals surface area contributed by atoms with Crippen LogP contribution in [0.2, 0.25) is 0 Å². The number of ether oxygens (including phenoxy) is 2. The number of dihydropyridines is 1. The van der Waals surface area contributed by atoms with E-state index in [1.165, 1.54) is 23.1 Å². The number of hydrogen-bond acceptors (Lipinski definition) is 5. The molecule has 0 radical (unpaired) electrons. The molecule has 0 spiro atoms. The van der Waals surface area contributed by atoms with Gasteiger partial charge in [0.05, 0.1) is 18.7 Å². The van der Waals surface area contributed by atoms with Gasteiger partial charge < -0.3 is 14.8 Å². The lowest BCUT2D eigenvalue weighted by Crippen LogP contribution is -2.26. The van der Waals surface area contributed by atoms with Gasteiger partial charge in [0.1, 0.15) is 5.76 Å². The zero-order valence-corrected chi connectivity index (χ0v) is 18.4. The molecular formula is C24H27NO3S. The second-order valence-corrected chi connectivity index (χ2v) is 8.24. The first-order valence-electron chi connectivity index (χ1n) is 9.59. The Hall–Kier alpha value is -2.66. The molecule has 0 amide bonds. The number of nitrogens with one attached hydrogen (secondary N) is 1. The van der Waals surface area contributed by atoms with Crippen LogP contribution in [0.4, 0.5) is 4.79 Å². The summed E-state index contributed by atoms with van der Waals surface area (Å²) in [5, 5.41) is 3.31. The first-order chi connectivity index (χ1) is 13.9.